The minimum atomic E-state index is -0.520. The number of nitrogens with zero attached hydrogens (tertiary/aromatic N) is 1. The van der Waals surface area contributed by atoms with Crippen molar-refractivity contribution in [2.45, 2.75) is 130 Å². The predicted molar refractivity (Wildman–Crippen MR) is 151 cm³/mol. The fourth-order valence-electron chi connectivity index (χ4n) is 12.4. The summed E-state index contributed by atoms with van der Waals surface area (Å²) in [6.45, 7) is 16.1. The van der Waals surface area contributed by atoms with Crippen LogP contribution in [0.2, 0.25) is 0 Å². The van der Waals surface area contributed by atoms with Gasteiger partial charge in [-0.2, -0.15) is 0 Å². The molecule has 2 spiro atoms. The lowest BCUT2D eigenvalue weighted by atomic mass is 9.41. The maximum atomic E-state index is 12.5. The van der Waals surface area contributed by atoms with Crippen LogP contribution in [0.3, 0.4) is 0 Å². The molecular weight excluding hydrogens is 490 g/mol. The summed E-state index contributed by atoms with van der Waals surface area (Å²) < 4.78 is 12.9. The molecule has 0 aromatic heterocycles. The van der Waals surface area contributed by atoms with Crippen LogP contribution < -0.4 is 0 Å². The third kappa shape index (κ3) is 3.34. The van der Waals surface area contributed by atoms with Crippen molar-refractivity contribution in [2.24, 2.45) is 56.7 Å². The average molecular weight is 546 g/mol. The number of aliphatic hydroxyl groups is 2. The Hall–Kier alpha value is -0.850. The normalized spacial score (nSPS) is 53.9. The van der Waals surface area contributed by atoms with Crippen LogP contribution in [0.25, 0.3) is 0 Å². The topological polar surface area (TPSA) is 79.2 Å². The van der Waals surface area contributed by atoms with Gasteiger partial charge in [-0.1, -0.05) is 48.5 Å². The molecule has 8 unspecified atom stereocenters. The number of amides is 1. The zero-order valence-electron chi connectivity index (χ0n) is 26.0. The second-order valence-corrected chi connectivity index (χ2v) is 16.6. The Morgan fingerprint density at radius 1 is 0.974 bits per heavy atom. The number of aliphatic hydroxyl groups excluding tert-OH is 2. The van der Waals surface area contributed by atoms with E-state index >= 15 is 0 Å². The largest absolute Gasteiger partial charge is 0.443 e. The summed E-state index contributed by atoms with van der Waals surface area (Å²) in [6, 6.07) is 0. The first-order chi connectivity index (χ1) is 18.1. The van der Waals surface area contributed by atoms with Crippen LogP contribution in [-0.2, 0) is 9.47 Å². The van der Waals surface area contributed by atoms with Gasteiger partial charge in [0.05, 0.1) is 24.4 Å². The smallest absolute Gasteiger partial charge is 0.409 e. The highest BCUT2D eigenvalue weighted by Crippen LogP contribution is 2.89. The first kappa shape index (κ1) is 28.3. The van der Waals surface area contributed by atoms with Gasteiger partial charge in [-0.15, -0.1) is 0 Å². The molecule has 6 fully saturated rings. The van der Waals surface area contributed by atoms with Gasteiger partial charge in [-0.05, 0) is 103 Å². The van der Waals surface area contributed by atoms with Crippen LogP contribution in [-0.4, -0.2) is 65.8 Å². The number of fused-ring (bicyclic) bond motifs is 4. The summed E-state index contributed by atoms with van der Waals surface area (Å²) in [6.07, 6.45) is 7.13. The molecule has 1 saturated heterocycles. The van der Waals surface area contributed by atoms with Crippen molar-refractivity contribution in [2.75, 3.05) is 14.1 Å². The van der Waals surface area contributed by atoms with Gasteiger partial charge in [-0.25, -0.2) is 4.79 Å². The molecule has 5 saturated carbocycles. The Labute approximate surface area is 236 Å². The molecule has 5 aliphatic carbocycles. The molecule has 6 aliphatic rings. The second kappa shape index (κ2) is 8.60. The summed E-state index contributed by atoms with van der Waals surface area (Å²) in [5, 5.41) is 23.4. The van der Waals surface area contributed by atoms with E-state index < -0.39 is 6.10 Å². The molecule has 222 valence electrons. The van der Waals surface area contributed by atoms with E-state index in [2.05, 4.69) is 48.5 Å². The first-order valence-corrected chi connectivity index (χ1v) is 16.0. The highest BCUT2D eigenvalue weighted by molar-refractivity contribution is 5.67. The minimum absolute atomic E-state index is 0.0192. The van der Waals surface area contributed by atoms with Gasteiger partial charge in [0.1, 0.15) is 6.10 Å². The maximum Gasteiger partial charge on any atom is 0.409 e. The number of ether oxygens (including phenoxy) is 2. The van der Waals surface area contributed by atoms with E-state index in [1.807, 2.05) is 0 Å². The highest BCUT2D eigenvalue weighted by atomic mass is 16.6. The van der Waals surface area contributed by atoms with E-state index in [1.165, 1.54) is 24.2 Å². The lowest BCUT2D eigenvalue weighted by Crippen LogP contribution is -2.59. The lowest BCUT2D eigenvalue weighted by molar-refractivity contribution is -0.185. The van der Waals surface area contributed by atoms with E-state index in [1.54, 1.807) is 14.1 Å². The summed E-state index contributed by atoms with van der Waals surface area (Å²) in [4.78, 5) is 14.0. The number of hydrogen-bond donors (Lipinski definition) is 2. The average Bonchev–Trinajstić information content (AvgIpc) is 3.49. The van der Waals surface area contributed by atoms with Crippen LogP contribution in [0.15, 0.2) is 0 Å². The summed E-state index contributed by atoms with van der Waals surface area (Å²) in [7, 11) is 3.44. The molecule has 2 N–H and O–H groups in total. The lowest BCUT2D eigenvalue weighted by Gasteiger charge is -2.63. The molecule has 1 amide bonds. The van der Waals surface area contributed by atoms with Crippen molar-refractivity contribution < 1.29 is 24.5 Å². The quantitative estimate of drug-likeness (QED) is 0.463. The summed E-state index contributed by atoms with van der Waals surface area (Å²) in [5.41, 5.74) is 0.434. The second-order valence-electron chi connectivity index (χ2n) is 16.6. The Kier molecular flexibility index (Phi) is 6.23. The van der Waals surface area contributed by atoms with E-state index in [-0.39, 0.29) is 52.7 Å². The van der Waals surface area contributed by atoms with E-state index in [0.29, 0.717) is 34.5 Å². The fraction of sp³-hybridized carbons (Fsp3) is 0.970. The Balaban J connectivity index is 1.32. The fourth-order valence-corrected chi connectivity index (χ4v) is 12.4. The number of rotatable bonds is 3. The highest BCUT2D eigenvalue weighted by Gasteiger charge is 2.84. The molecule has 6 rings (SSSR count). The SMILES string of the molecule is CC(C)C(OC(=O)N(C)C)C1C[C@@H](C)[C@H]2C(O1)[C@H](O)[C@@]1(C)C3CC[C@H]4C(C)(C)C(O)CCC45CC35CCC21C. The van der Waals surface area contributed by atoms with Gasteiger partial charge in [0.15, 0.2) is 0 Å². The van der Waals surface area contributed by atoms with Gasteiger partial charge < -0.3 is 24.6 Å². The molecule has 6 nitrogen and oxygen atoms in total. The molecule has 1 heterocycles. The molecule has 0 aromatic rings. The van der Waals surface area contributed by atoms with Crippen molar-refractivity contribution in [3.05, 3.63) is 0 Å². The van der Waals surface area contributed by atoms with Crippen LogP contribution >= 0.6 is 0 Å². The van der Waals surface area contributed by atoms with Crippen molar-refractivity contribution in [1.82, 2.24) is 4.90 Å². The molecular formula is C33H55NO5. The molecule has 6 heteroatoms. The molecule has 0 bridgehead atoms. The van der Waals surface area contributed by atoms with Crippen molar-refractivity contribution in [3.63, 3.8) is 0 Å². The number of hydrogen-bond acceptors (Lipinski definition) is 5. The van der Waals surface area contributed by atoms with Crippen LogP contribution in [0.1, 0.15) is 99.8 Å². The van der Waals surface area contributed by atoms with E-state index in [4.69, 9.17) is 9.47 Å². The van der Waals surface area contributed by atoms with Crippen LogP contribution in [0.4, 0.5) is 4.79 Å². The maximum absolute atomic E-state index is 12.5. The Morgan fingerprint density at radius 3 is 2.26 bits per heavy atom. The molecule has 39 heavy (non-hydrogen) atoms. The summed E-state index contributed by atoms with van der Waals surface area (Å²) in [5.74, 6) is 1.90. The third-order valence-electron chi connectivity index (χ3n) is 14.4. The number of carbonyl (C=O) groups is 1. The van der Waals surface area contributed by atoms with Crippen LogP contribution in [0, 0.1) is 56.7 Å². The number of carbonyl (C=O) groups excluding carboxylic acids is 1. The molecule has 13 atom stereocenters. The third-order valence-corrected chi connectivity index (χ3v) is 14.4. The van der Waals surface area contributed by atoms with Gasteiger partial charge >= 0.3 is 6.09 Å². The van der Waals surface area contributed by atoms with Gasteiger partial charge in [0, 0.05) is 19.5 Å². The van der Waals surface area contributed by atoms with Crippen molar-refractivity contribution in [3.8, 4) is 0 Å². The minimum Gasteiger partial charge on any atom is -0.443 e. The summed E-state index contributed by atoms with van der Waals surface area (Å²) >= 11 is 0. The Morgan fingerprint density at radius 2 is 1.62 bits per heavy atom. The monoisotopic (exact) mass is 545 g/mol. The van der Waals surface area contributed by atoms with Gasteiger partial charge in [-0.3, -0.25) is 0 Å². The zero-order chi connectivity index (χ0) is 28.5. The molecule has 1 aliphatic heterocycles. The van der Waals surface area contributed by atoms with E-state index in [9.17, 15) is 15.0 Å². The molecule has 0 radical (unpaired) electrons. The van der Waals surface area contributed by atoms with E-state index in [0.717, 1.165) is 32.1 Å². The predicted octanol–water partition coefficient (Wildman–Crippen LogP) is 5.88. The van der Waals surface area contributed by atoms with Gasteiger partial charge in [0.2, 0.25) is 0 Å². The first-order valence-electron chi connectivity index (χ1n) is 16.0. The Bertz CT molecular complexity index is 1010. The van der Waals surface area contributed by atoms with Gasteiger partial charge in [0.25, 0.3) is 0 Å². The van der Waals surface area contributed by atoms with Crippen molar-refractivity contribution in [1.29, 1.82) is 0 Å². The van der Waals surface area contributed by atoms with Crippen molar-refractivity contribution >= 4 is 6.09 Å². The van der Waals surface area contributed by atoms with Crippen LogP contribution in [0.5, 0.6) is 0 Å². The standard InChI is InChI=1S/C33H55NO5/c1-18(2)25(39-28(37)34(8)9)20-16-19(3)24-26(38-20)27(36)31(7)22-11-10-21-29(4,5)23(35)12-13-32(21)17-33(22,32)15-14-30(24,31)6/h18-27,35-36H,10-17H2,1-9H3/t19-,20?,21+,22?,23?,24+,25?,26?,27+,30?,31-,32?,33?/m1/s1. The zero-order valence-corrected chi connectivity index (χ0v) is 26.0. The molecule has 0 aromatic carbocycles.